The summed E-state index contributed by atoms with van der Waals surface area (Å²) in [5, 5.41) is 14.8. The standard InChI is InChI=1S/C11H10ClN3O2/c1-7-10(6-13-17)11(16)15(14-7)9-4-2-3-8(12)5-9/h2-6,14,17H,1H3/b13-6+. The smallest absolute Gasteiger partial charge is 0.280 e. The first-order valence-electron chi connectivity index (χ1n) is 4.88. The van der Waals surface area contributed by atoms with Crippen LogP contribution in [0.2, 0.25) is 5.02 Å². The van der Waals surface area contributed by atoms with Crippen LogP contribution in [0.5, 0.6) is 0 Å². The van der Waals surface area contributed by atoms with E-state index < -0.39 is 0 Å². The van der Waals surface area contributed by atoms with Crippen molar-refractivity contribution in [2.45, 2.75) is 6.92 Å². The molecule has 17 heavy (non-hydrogen) atoms. The predicted octanol–water partition coefficient (Wildman–Crippen LogP) is 1.94. The van der Waals surface area contributed by atoms with Crippen LogP contribution in [0.4, 0.5) is 0 Å². The molecular weight excluding hydrogens is 242 g/mol. The molecule has 0 saturated heterocycles. The molecule has 0 unspecified atom stereocenters. The zero-order chi connectivity index (χ0) is 12.4. The van der Waals surface area contributed by atoms with Crippen molar-refractivity contribution >= 4 is 17.8 Å². The van der Waals surface area contributed by atoms with Crippen molar-refractivity contribution in [1.29, 1.82) is 0 Å². The molecule has 0 fully saturated rings. The Bertz CT molecular complexity index is 628. The number of benzene rings is 1. The second-order valence-electron chi connectivity index (χ2n) is 3.52. The molecule has 2 aromatic rings. The average molecular weight is 252 g/mol. The molecule has 1 heterocycles. The number of rotatable bonds is 2. The van der Waals surface area contributed by atoms with Crippen LogP contribution >= 0.6 is 11.6 Å². The van der Waals surface area contributed by atoms with Gasteiger partial charge in [0.05, 0.1) is 17.5 Å². The van der Waals surface area contributed by atoms with E-state index in [0.717, 1.165) is 6.21 Å². The number of aryl methyl sites for hydroxylation is 1. The van der Waals surface area contributed by atoms with Crippen LogP contribution in [-0.4, -0.2) is 21.2 Å². The van der Waals surface area contributed by atoms with Crippen LogP contribution in [-0.2, 0) is 0 Å². The van der Waals surface area contributed by atoms with Gasteiger partial charge >= 0.3 is 0 Å². The minimum absolute atomic E-state index is 0.289. The molecule has 0 spiro atoms. The van der Waals surface area contributed by atoms with Crippen LogP contribution in [0.1, 0.15) is 11.3 Å². The molecule has 2 N–H and O–H groups in total. The number of oxime groups is 1. The van der Waals surface area contributed by atoms with E-state index in [1.165, 1.54) is 4.68 Å². The summed E-state index contributed by atoms with van der Waals surface area (Å²) in [6, 6.07) is 6.89. The molecular formula is C11H10ClN3O2. The predicted molar refractivity (Wildman–Crippen MR) is 65.5 cm³/mol. The summed E-state index contributed by atoms with van der Waals surface area (Å²) in [7, 11) is 0. The molecule has 0 atom stereocenters. The highest BCUT2D eigenvalue weighted by molar-refractivity contribution is 6.30. The van der Waals surface area contributed by atoms with E-state index in [-0.39, 0.29) is 5.56 Å². The lowest BCUT2D eigenvalue weighted by atomic mass is 10.3. The van der Waals surface area contributed by atoms with Gasteiger partial charge in [-0.2, -0.15) is 0 Å². The molecule has 0 aliphatic heterocycles. The van der Waals surface area contributed by atoms with Crippen LogP contribution in [0.3, 0.4) is 0 Å². The summed E-state index contributed by atoms with van der Waals surface area (Å²) in [5.41, 5.74) is 1.27. The highest BCUT2D eigenvalue weighted by Crippen LogP contribution is 2.13. The maximum atomic E-state index is 12.0. The lowest BCUT2D eigenvalue weighted by Gasteiger charge is -2.01. The van der Waals surface area contributed by atoms with Crippen molar-refractivity contribution < 1.29 is 5.21 Å². The number of aromatic amines is 1. The maximum absolute atomic E-state index is 12.0. The zero-order valence-corrected chi connectivity index (χ0v) is 9.77. The summed E-state index contributed by atoms with van der Waals surface area (Å²) in [6.45, 7) is 1.72. The fourth-order valence-corrected chi connectivity index (χ4v) is 1.75. The van der Waals surface area contributed by atoms with Crippen molar-refractivity contribution in [3.05, 3.63) is 50.9 Å². The maximum Gasteiger partial charge on any atom is 0.280 e. The van der Waals surface area contributed by atoms with Crippen molar-refractivity contribution in [3.8, 4) is 5.69 Å². The van der Waals surface area contributed by atoms with Gasteiger partial charge in [-0.1, -0.05) is 22.8 Å². The van der Waals surface area contributed by atoms with Crippen LogP contribution in [0.15, 0.2) is 34.2 Å². The Kier molecular flexibility index (Phi) is 3.01. The fraction of sp³-hybridized carbons (Fsp3) is 0.0909. The van der Waals surface area contributed by atoms with Gasteiger partial charge in [0, 0.05) is 10.7 Å². The number of H-pyrrole nitrogens is 1. The first kappa shape index (κ1) is 11.5. The number of hydrogen-bond donors (Lipinski definition) is 2. The quantitative estimate of drug-likeness (QED) is 0.486. The van der Waals surface area contributed by atoms with Gasteiger partial charge in [-0.25, -0.2) is 4.68 Å². The lowest BCUT2D eigenvalue weighted by molar-refractivity contribution is 0.322. The van der Waals surface area contributed by atoms with Crippen molar-refractivity contribution in [1.82, 2.24) is 9.78 Å². The van der Waals surface area contributed by atoms with E-state index in [4.69, 9.17) is 16.8 Å². The number of nitrogens with one attached hydrogen (secondary N) is 1. The Balaban J connectivity index is 2.62. The lowest BCUT2D eigenvalue weighted by Crippen LogP contribution is -2.17. The third kappa shape index (κ3) is 2.09. The second-order valence-corrected chi connectivity index (χ2v) is 3.95. The normalized spacial score (nSPS) is 11.2. The molecule has 1 aromatic heterocycles. The van der Waals surface area contributed by atoms with Crippen molar-refractivity contribution in [2.75, 3.05) is 0 Å². The van der Waals surface area contributed by atoms with E-state index in [2.05, 4.69) is 10.3 Å². The van der Waals surface area contributed by atoms with E-state index in [0.29, 0.717) is 22.0 Å². The number of nitrogens with zero attached hydrogens (tertiary/aromatic N) is 2. The van der Waals surface area contributed by atoms with Crippen molar-refractivity contribution in [2.24, 2.45) is 5.16 Å². The van der Waals surface area contributed by atoms with Gasteiger partial charge in [-0.15, -0.1) is 0 Å². The van der Waals surface area contributed by atoms with Gasteiger partial charge in [0.2, 0.25) is 0 Å². The molecule has 0 bridgehead atoms. The summed E-state index contributed by atoms with van der Waals surface area (Å²) in [4.78, 5) is 12.0. The molecule has 0 saturated carbocycles. The third-order valence-electron chi connectivity index (χ3n) is 2.37. The minimum atomic E-state index is -0.289. The Morgan fingerprint density at radius 2 is 2.29 bits per heavy atom. The highest BCUT2D eigenvalue weighted by Gasteiger charge is 2.10. The molecule has 2 rings (SSSR count). The van der Waals surface area contributed by atoms with E-state index in [9.17, 15) is 4.79 Å². The number of hydrogen-bond acceptors (Lipinski definition) is 3. The Hall–Kier alpha value is -2.01. The Morgan fingerprint density at radius 1 is 1.53 bits per heavy atom. The fourth-order valence-electron chi connectivity index (χ4n) is 1.57. The van der Waals surface area contributed by atoms with Gasteiger partial charge in [-0.05, 0) is 25.1 Å². The summed E-state index contributed by atoms with van der Waals surface area (Å²) >= 11 is 5.86. The molecule has 6 heteroatoms. The average Bonchev–Trinajstić information content (AvgIpc) is 2.57. The monoisotopic (exact) mass is 251 g/mol. The van der Waals surface area contributed by atoms with Crippen molar-refractivity contribution in [3.63, 3.8) is 0 Å². The van der Waals surface area contributed by atoms with Gasteiger partial charge in [0.1, 0.15) is 0 Å². The zero-order valence-electron chi connectivity index (χ0n) is 9.01. The third-order valence-corrected chi connectivity index (χ3v) is 2.61. The van der Waals surface area contributed by atoms with Gasteiger partial charge < -0.3 is 5.21 Å². The highest BCUT2D eigenvalue weighted by atomic mass is 35.5. The topological polar surface area (TPSA) is 70.4 Å². The van der Waals surface area contributed by atoms with Gasteiger partial charge in [0.15, 0.2) is 0 Å². The molecule has 0 radical (unpaired) electrons. The summed E-state index contributed by atoms with van der Waals surface area (Å²) in [6.07, 6.45) is 1.11. The van der Waals surface area contributed by atoms with Crippen LogP contribution in [0, 0.1) is 6.92 Å². The first-order valence-corrected chi connectivity index (χ1v) is 5.26. The Labute approximate surface area is 102 Å². The summed E-state index contributed by atoms with van der Waals surface area (Å²) < 4.78 is 1.35. The number of aromatic nitrogens is 2. The van der Waals surface area contributed by atoms with E-state index >= 15 is 0 Å². The van der Waals surface area contributed by atoms with Crippen LogP contribution < -0.4 is 5.56 Å². The van der Waals surface area contributed by atoms with Gasteiger partial charge in [0.25, 0.3) is 5.56 Å². The van der Waals surface area contributed by atoms with E-state index in [1.54, 1.807) is 31.2 Å². The van der Waals surface area contributed by atoms with Gasteiger partial charge in [-0.3, -0.25) is 9.89 Å². The molecule has 0 aliphatic carbocycles. The van der Waals surface area contributed by atoms with Crippen LogP contribution in [0.25, 0.3) is 5.69 Å². The summed E-state index contributed by atoms with van der Waals surface area (Å²) in [5.74, 6) is 0. The second kappa shape index (κ2) is 4.47. The minimum Gasteiger partial charge on any atom is -0.411 e. The van der Waals surface area contributed by atoms with E-state index in [1.807, 2.05) is 0 Å². The molecule has 0 amide bonds. The Morgan fingerprint density at radius 3 is 2.94 bits per heavy atom. The molecule has 88 valence electrons. The molecule has 5 nitrogen and oxygen atoms in total. The molecule has 0 aliphatic rings. The SMILES string of the molecule is Cc1[nH]n(-c2cccc(Cl)c2)c(=O)c1/C=N/O. The first-order chi connectivity index (χ1) is 8.13. The largest absolute Gasteiger partial charge is 0.411 e. The molecule has 1 aromatic carbocycles. The number of halogens is 1.